The van der Waals surface area contributed by atoms with Crippen LogP contribution in [0.15, 0.2) is 35.4 Å². The smallest absolute Gasteiger partial charge is 0.308 e. The number of carboxylic acids is 1. The molecule has 0 saturated carbocycles. The topological polar surface area (TPSA) is 78.8 Å². The molecule has 2 atom stereocenters. The summed E-state index contributed by atoms with van der Waals surface area (Å²) in [5.74, 6) is -2.71. The van der Waals surface area contributed by atoms with Gasteiger partial charge in [-0.25, -0.2) is 5.43 Å². The summed E-state index contributed by atoms with van der Waals surface area (Å²) < 4.78 is 0. The second-order valence-electron chi connectivity index (χ2n) is 5.17. The first-order chi connectivity index (χ1) is 9.56. The molecule has 5 nitrogen and oxygen atoms in total. The van der Waals surface area contributed by atoms with Crippen LogP contribution in [0, 0.1) is 18.8 Å². The van der Waals surface area contributed by atoms with Gasteiger partial charge in [-0.05, 0) is 30.6 Å². The molecule has 0 fully saturated rings. The second kappa shape index (κ2) is 4.59. The highest BCUT2D eigenvalue weighted by Gasteiger charge is 2.43. The van der Waals surface area contributed by atoms with Crippen molar-refractivity contribution in [3.63, 3.8) is 0 Å². The van der Waals surface area contributed by atoms with Crippen molar-refractivity contribution in [3.05, 3.63) is 41.5 Å². The van der Waals surface area contributed by atoms with Crippen molar-refractivity contribution < 1.29 is 14.7 Å². The number of fused-ring (bicyclic) bond motifs is 1. The Kier molecular flexibility index (Phi) is 2.89. The number of hydrogen-bond donors (Lipinski definition) is 2. The Morgan fingerprint density at radius 1 is 1.35 bits per heavy atom. The molecule has 1 aromatic rings. The van der Waals surface area contributed by atoms with Gasteiger partial charge in [-0.15, -0.1) is 0 Å². The third kappa shape index (κ3) is 2.01. The van der Waals surface area contributed by atoms with Crippen molar-refractivity contribution in [3.8, 4) is 0 Å². The van der Waals surface area contributed by atoms with Gasteiger partial charge in [-0.2, -0.15) is 5.10 Å². The van der Waals surface area contributed by atoms with E-state index in [2.05, 4.69) is 10.5 Å². The summed E-state index contributed by atoms with van der Waals surface area (Å²) in [4.78, 5) is 23.1. The predicted molar refractivity (Wildman–Crippen MR) is 74.0 cm³/mol. The van der Waals surface area contributed by atoms with Crippen LogP contribution in [0.5, 0.6) is 0 Å². The van der Waals surface area contributed by atoms with Gasteiger partial charge in [0.05, 0.1) is 17.5 Å². The number of rotatable bonds is 2. The fraction of sp³-hybridized carbons (Fsp3) is 0.267. The number of carbonyl (C=O) groups is 2. The molecule has 1 amide bonds. The molecule has 1 heterocycles. The van der Waals surface area contributed by atoms with Crippen molar-refractivity contribution in [2.24, 2.45) is 16.9 Å². The Hall–Kier alpha value is -2.43. The van der Waals surface area contributed by atoms with Crippen LogP contribution in [0.2, 0.25) is 0 Å². The van der Waals surface area contributed by atoms with E-state index in [1.807, 2.05) is 37.3 Å². The summed E-state index contributed by atoms with van der Waals surface area (Å²) in [6, 6.07) is 7.89. The highest BCUT2D eigenvalue weighted by atomic mass is 16.4. The fourth-order valence-corrected chi connectivity index (χ4v) is 2.69. The summed E-state index contributed by atoms with van der Waals surface area (Å²) in [7, 11) is 0. The molecule has 2 aliphatic rings. The zero-order valence-electron chi connectivity index (χ0n) is 11.0. The lowest BCUT2D eigenvalue weighted by Gasteiger charge is -2.24. The van der Waals surface area contributed by atoms with Crippen LogP contribution in [0.25, 0.3) is 5.57 Å². The normalized spacial score (nSPS) is 24.6. The highest BCUT2D eigenvalue weighted by Crippen LogP contribution is 2.35. The van der Waals surface area contributed by atoms with Crippen molar-refractivity contribution >= 4 is 23.2 Å². The number of benzene rings is 1. The number of amides is 1. The Balaban J connectivity index is 2.01. The van der Waals surface area contributed by atoms with Crippen LogP contribution in [-0.4, -0.2) is 22.7 Å². The van der Waals surface area contributed by atoms with Crippen LogP contribution in [0.4, 0.5) is 0 Å². The van der Waals surface area contributed by atoms with Gasteiger partial charge in [0.1, 0.15) is 0 Å². The maximum Gasteiger partial charge on any atom is 0.308 e. The average Bonchev–Trinajstić information content (AvgIpc) is 2.80. The van der Waals surface area contributed by atoms with E-state index in [-0.39, 0.29) is 5.91 Å². The third-order valence-electron chi connectivity index (χ3n) is 3.80. The quantitative estimate of drug-likeness (QED) is 0.856. The number of hydrazone groups is 1. The van der Waals surface area contributed by atoms with Crippen molar-refractivity contribution in [1.29, 1.82) is 0 Å². The fourth-order valence-electron chi connectivity index (χ4n) is 2.69. The molecule has 102 valence electrons. The minimum absolute atomic E-state index is 0.327. The molecule has 0 bridgehead atoms. The van der Waals surface area contributed by atoms with Gasteiger partial charge in [-0.3, -0.25) is 9.59 Å². The molecule has 2 unspecified atom stereocenters. The standard InChI is InChI=1S/C15H14N2O3/c1-8-2-4-9(5-3-8)10-6-11(15(19)20)13-12(7-10)16-17-14(13)18/h2-5,7,11,13H,6H2,1H3,(H,17,18)(H,19,20). The van der Waals surface area contributed by atoms with E-state index < -0.39 is 17.8 Å². The molecule has 0 aromatic heterocycles. The first-order valence-electron chi connectivity index (χ1n) is 6.44. The predicted octanol–water partition coefficient (Wildman–Crippen LogP) is 1.58. The van der Waals surface area contributed by atoms with E-state index in [0.29, 0.717) is 12.1 Å². The number of nitrogens with zero attached hydrogens (tertiary/aromatic N) is 1. The number of hydrogen-bond acceptors (Lipinski definition) is 3. The third-order valence-corrected chi connectivity index (χ3v) is 3.80. The lowest BCUT2D eigenvalue weighted by molar-refractivity contribution is -0.145. The number of aryl methyl sites for hydroxylation is 1. The lowest BCUT2D eigenvalue weighted by Crippen LogP contribution is -2.37. The summed E-state index contributed by atoms with van der Waals surface area (Å²) in [5.41, 5.74) is 5.91. The Morgan fingerprint density at radius 3 is 2.70 bits per heavy atom. The molecule has 1 aromatic carbocycles. The molecule has 1 aliphatic heterocycles. The maximum atomic E-state index is 11.7. The molecule has 20 heavy (non-hydrogen) atoms. The Bertz CT molecular complexity index is 644. The van der Waals surface area contributed by atoms with E-state index >= 15 is 0 Å². The van der Waals surface area contributed by atoms with Gasteiger partial charge in [0, 0.05) is 0 Å². The SMILES string of the molecule is Cc1ccc(C2=CC3=NNC(=O)C3C(C(=O)O)C2)cc1. The highest BCUT2D eigenvalue weighted by molar-refractivity contribution is 6.18. The largest absolute Gasteiger partial charge is 0.481 e. The zero-order valence-corrected chi connectivity index (χ0v) is 11.0. The van der Waals surface area contributed by atoms with E-state index in [9.17, 15) is 14.7 Å². The van der Waals surface area contributed by atoms with Gasteiger partial charge >= 0.3 is 5.97 Å². The van der Waals surface area contributed by atoms with Gasteiger partial charge < -0.3 is 5.11 Å². The van der Waals surface area contributed by atoms with Crippen LogP contribution in [0.1, 0.15) is 17.5 Å². The first-order valence-corrected chi connectivity index (χ1v) is 6.44. The lowest BCUT2D eigenvalue weighted by atomic mass is 9.76. The number of nitrogens with one attached hydrogen (secondary N) is 1. The van der Waals surface area contributed by atoms with Crippen molar-refractivity contribution in [2.45, 2.75) is 13.3 Å². The molecular weight excluding hydrogens is 256 g/mol. The van der Waals surface area contributed by atoms with Crippen molar-refractivity contribution in [2.75, 3.05) is 0 Å². The van der Waals surface area contributed by atoms with E-state index in [1.165, 1.54) is 0 Å². The van der Waals surface area contributed by atoms with Gasteiger partial charge in [0.2, 0.25) is 5.91 Å². The minimum atomic E-state index is -0.961. The molecule has 2 N–H and O–H groups in total. The number of carboxylic acid groups (broad SMARTS) is 1. The van der Waals surface area contributed by atoms with Crippen LogP contribution < -0.4 is 5.43 Å². The van der Waals surface area contributed by atoms with Gasteiger partial charge in [0.25, 0.3) is 0 Å². The van der Waals surface area contributed by atoms with Crippen LogP contribution >= 0.6 is 0 Å². The van der Waals surface area contributed by atoms with E-state index in [4.69, 9.17) is 0 Å². The van der Waals surface area contributed by atoms with E-state index in [1.54, 1.807) is 0 Å². The first kappa shape index (κ1) is 12.6. The summed E-state index contributed by atoms with van der Waals surface area (Å²) in [5, 5.41) is 13.3. The van der Waals surface area contributed by atoms with Crippen molar-refractivity contribution in [1.82, 2.24) is 5.43 Å². The monoisotopic (exact) mass is 270 g/mol. The van der Waals surface area contributed by atoms with E-state index in [0.717, 1.165) is 16.7 Å². The maximum absolute atomic E-state index is 11.7. The van der Waals surface area contributed by atoms with Gasteiger partial charge in [0.15, 0.2) is 0 Å². The summed E-state index contributed by atoms with van der Waals surface area (Å²) in [6.07, 6.45) is 2.17. The molecule has 0 saturated heterocycles. The van der Waals surface area contributed by atoms with Crippen LogP contribution in [-0.2, 0) is 9.59 Å². The molecule has 5 heteroatoms. The second-order valence-corrected chi connectivity index (χ2v) is 5.17. The summed E-state index contributed by atoms with van der Waals surface area (Å²) >= 11 is 0. The zero-order chi connectivity index (χ0) is 14.3. The minimum Gasteiger partial charge on any atom is -0.481 e. The average molecular weight is 270 g/mol. The molecule has 3 rings (SSSR count). The molecular formula is C15H14N2O3. The summed E-state index contributed by atoms with van der Waals surface area (Å²) in [6.45, 7) is 2.00. The Morgan fingerprint density at radius 2 is 2.05 bits per heavy atom. The Labute approximate surface area is 116 Å². The van der Waals surface area contributed by atoms with Crippen LogP contribution in [0.3, 0.4) is 0 Å². The number of carbonyl (C=O) groups excluding carboxylic acids is 1. The number of allylic oxidation sites excluding steroid dienone is 2. The van der Waals surface area contributed by atoms with Gasteiger partial charge in [-0.1, -0.05) is 29.8 Å². The number of aliphatic carboxylic acids is 1. The molecule has 0 spiro atoms. The molecule has 1 aliphatic carbocycles. The molecule has 0 radical (unpaired) electrons.